The molecule has 1 atom stereocenters. The lowest BCUT2D eigenvalue weighted by Gasteiger charge is -2.20. The lowest BCUT2D eigenvalue weighted by molar-refractivity contribution is -0.140. The fourth-order valence-corrected chi connectivity index (χ4v) is 2.98. The molecule has 1 heterocycles. The molecular formula is C21H23N3O5. The van der Waals surface area contributed by atoms with Crippen molar-refractivity contribution in [3.8, 4) is 11.5 Å². The van der Waals surface area contributed by atoms with Gasteiger partial charge in [0.25, 0.3) is 5.91 Å². The standard InChI is InChI=1S/C21H23N3O5/c1-24-17-12-15(28-2)8-9-18(17)29-13-16(21(24)27)23-20(26)19(25)22-11-10-14-6-4-3-5-7-14/h3-9,12,16H,10-11,13H2,1-2H3,(H,22,25)(H,23,26)/t16-/m0/s1. The molecule has 0 aromatic heterocycles. The number of likely N-dealkylation sites (N-methyl/N-ethyl adjacent to an activating group) is 1. The van der Waals surface area contributed by atoms with E-state index in [1.165, 1.54) is 12.0 Å². The summed E-state index contributed by atoms with van der Waals surface area (Å²) in [6.07, 6.45) is 0.602. The van der Waals surface area contributed by atoms with Crippen LogP contribution in [0.1, 0.15) is 5.56 Å². The molecule has 2 aromatic rings. The Morgan fingerprint density at radius 2 is 1.93 bits per heavy atom. The monoisotopic (exact) mass is 397 g/mol. The van der Waals surface area contributed by atoms with Crippen LogP contribution in [0.25, 0.3) is 0 Å². The maximum absolute atomic E-state index is 12.7. The van der Waals surface area contributed by atoms with Gasteiger partial charge in [-0.25, -0.2) is 0 Å². The van der Waals surface area contributed by atoms with Crippen molar-refractivity contribution in [1.29, 1.82) is 0 Å². The first-order chi connectivity index (χ1) is 14.0. The van der Waals surface area contributed by atoms with Crippen LogP contribution in [0.3, 0.4) is 0 Å². The number of methoxy groups -OCH3 is 1. The van der Waals surface area contributed by atoms with Crippen molar-refractivity contribution in [2.45, 2.75) is 12.5 Å². The fourth-order valence-electron chi connectivity index (χ4n) is 2.98. The van der Waals surface area contributed by atoms with Gasteiger partial charge in [-0.05, 0) is 24.1 Å². The Balaban J connectivity index is 1.57. The third kappa shape index (κ3) is 4.84. The van der Waals surface area contributed by atoms with Gasteiger partial charge in [-0.3, -0.25) is 14.4 Å². The summed E-state index contributed by atoms with van der Waals surface area (Å²) < 4.78 is 10.8. The molecule has 3 amide bonds. The topological polar surface area (TPSA) is 97.0 Å². The van der Waals surface area contributed by atoms with E-state index in [2.05, 4.69) is 10.6 Å². The molecular weight excluding hydrogens is 374 g/mol. The van der Waals surface area contributed by atoms with E-state index in [0.29, 0.717) is 30.2 Å². The molecule has 29 heavy (non-hydrogen) atoms. The number of carbonyl (C=O) groups excluding carboxylic acids is 3. The molecule has 152 valence electrons. The smallest absolute Gasteiger partial charge is 0.310 e. The minimum absolute atomic E-state index is 0.0778. The van der Waals surface area contributed by atoms with Crippen LogP contribution < -0.4 is 25.0 Å². The number of fused-ring (bicyclic) bond motifs is 1. The van der Waals surface area contributed by atoms with E-state index in [0.717, 1.165) is 5.56 Å². The van der Waals surface area contributed by atoms with Gasteiger partial charge < -0.3 is 25.0 Å². The van der Waals surface area contributed by atoms with Crippen LogP contribution >= 0.6 is 0 Å². The van der Waals surface area contributed by atoms with Gasteiger partial charge in [-0.15, -0.1) is 0 Å². The molecule has 2 aromatic carbocycles. The van der Waals surface area contributed by atoms with Crippen LogP contribution in [-0.2, 0) is 20.8 Å². The summed E-state index contributed by atoms with van der Waals surface area (Å²) in [5.74, 6) is -0.989. The Morgan fingerprint density at radius 1 is 1.17 bits per heavy atom. The summed E-state index contributed by atoms with van der Waals surface area (Å²) in [5, 5.41) is 5.01. The van der Waals surface area contributed by atoms with Crippen molar-refractivity contribution in [1.82, 2.24) is 10.6 Å². The van der Waals surface area contributed by atoms with Gasteiger partial charge in [0, 0.05) is 19.7 Å². The van der Waals surface area contributed by atoms with Crippen LogP contribution in [-0.4, -0.2) is 51.1 Å². The van der Waals surface area contributed by atoms with E-state index in [9.17, 15) is 14.4 Å². The molecule has 0 unspecified atom stereocenters. The van der Waals surface area contributed by atoms with Crippen molar-refractivity contribution in [3.63, 3.8) is 0 Å². The number of carbonyl (C=O) groups is 3. The van der Waals surface area contributed by atoms with Gasteiger partial charge in [-0.2, -0.15) is 0 Å². The maximum atomic E-state index is 12.7. The molecule has 8 nitrogen and oxygen atoms in total. The number of nitrogens with one attached hydrogen (secondary N) is 2. The molecule has 2 N–H and O–H groups in total. The lowest BCUT2D eigenvalue weighted by Crippen LogP contribution is -2.53. The predicted molar refractivity (Wildman–Crippen MR) is 107 cm³/mol. The Kier molecular flexibility index (Phi) is 6.33. The zero-order valence-electron chi connectivity index (χ0n) is 16.3. The number of amides is 3. The van der Waals surface area contributed by atoms with Crippen molar-refractivity contribution in [2.75, 3.05) is 32.2 Å². The molecule has 0 saturated heterocycles. The van der Waals surface area contributed by atoms with E-state index in [1.807, 2.05) is 30.3 Å². The summed E-state index contributed by atoms with van der Waals surface area (Å²) in [7, 11) is 3.11. The predicted octanol–water partition coefficient (Wildman–Crippen LogP) is 0.894. The molecule has 8 heteroatoms. The molecule has 0 fully saturated rings. The van der Waals surface area contributed by atoms with Crippen molar-refractivity contribution < 1.29 is 23.9 Å². The number of hydrogen-bond acceptors (Lipinski definition) is 5. The molecule has 0 spiro atoms. The van der Waals surface area contributed by atoms with Gasteiger partial charge in [-0.1, -0.05) is 30.3 Å². The highest BCUT2D eigenvalue weighted by Gasteiger charge is 2.32. The van der Waals surface area contributed by atoms with Crippen LogP contribution in [0.15, 0.2) is 48.5 Å². The normalized spacial score (nSPS) is 15.6. The third-order valence-corrected chi connectivity index (χ3v) is 4.62. The molecule has 0 aliphatic carbocycles. The van der Waals surface area contributed by atoms with Gasteiger partial charge in [0.05, 0.1) is 12.8 Å². The molecule has 3 rings (SSSR count). The average molecular weight is 397 g/mol. The van der Waals surface area contributed by atoms with Gasteiger partial charge in [0.2, 0.25) is 0 Å². The minimum atomic E-state index is -0.981. The SMILES string of the molecule is COc1ccc2c(c1)N(C)C(=O)[C@@H](NC(=O)C(=O)NCCc1ccccc1)CO2. The Morgan fingerprint density at radius 3 is 2.66 bits per heavy atom. The van der Waals surface area contributed by atoms with Crippen LogP contribution in [0, 0.1) is 0 Å². The summed E-state index contributed by atoms with van der Waals surface area (Å²) in [6, 6.07) is 13.7. The number of ether oxygens (including phenoxy) is 2. The lowest BCUT2D eigenvalue weighted by atomic mass is 10.1. The zero-order chi connectivity index (χ0) is 20.8. The van der Waals surface area contributed by atoms with Gasteiger partial charge in [0.1, 0.15) is 24.1 Å². The molecule has 0 radical (unpaired) electrons. The molecule has 1 aliphatic rings. The number of nitrogens with zero attached hydrogens (tertiary/aromatic N) is 1. The quantitative estimate of drug-likeness (QED) is 0.731. The van der Waals surface area contributed by atoms with E-state index in [4.69, 9.17) is 9.47 Å². The number of rotatable bonds is 5. The molecule has 1 aliphatic heterocycles. The van der Waals surface area contributed by atoms with Crippen molar-refractivity contribution in [3.05, 3.63) is 54.1 Å². The molecule has 0 bridgehead atoms. The first-order valence-corrected chi connectivity index (χ1v) is 9.20. The van der Waals surface area contributed by atoms with Gasteiger partial charge >= 0.3 is 11.8 Å². The Labute approximate surface area is 168 Å². The maximum Gasteiger partial charge on any atom is 0.310 e. The summed E-state index contributed by atoms with van der Waals surface area (Å²) in [5.41, 5.74) is 1.58. The average Bonchev–Trinajstić information content (AvgIpc) is 2.86. The van der Waals surface area contributed by atoms with Gasteiger partial charge in [0.15, 0.2) is 0 Å². The Hall–Kier alpha value is -3.55. The minimum Gasteiger partial charge on any atom is -0.497 e. The van der Waals surface area contributed by atoms with E-state index in [-0.39, 0.29) is 12.5 Å². The first kappa shape index (κ1) is 20.2. The van der Waals surface area contributed by atoms with Crippen molar-refractivity contribution in [2.24, 2.45) is 0 Å². The highest BCUT2D eigenvalue weighted by molar-refractivity contribution is 6.35. The van der Waals surface area contributed by atoms with E-state index in [1.54, 1.807) is 25.2 Å². The summed E-state index contributed by atoms with van der Waals surface area (Å²) in [6.45, 7) is 0.238. The van der Waals surface area contributed by atoms with Crippen LogP contribution in [0.2, 0.25) is 0 Å². The van der Waals surface area contributed by atoms with Crippen LogP contribution in [0.5, 0.6) is 11.5 Å². The largest absolute Gasteiger partial charge is 0.497 e. The Bertz CT molecular complexity index is 900. The second-order valence-electron chi connectivity index (χ2n) is 6.56. The number of benzene rings is 2. The second kappa shape index (κ2) is 9.09. The third-order valence-electron chi connectivity index (χ3n) is 4.62. The summed E-state index contributed by atoms with van der Waals surface area (Å²) in [4.78, 5) is 38.4. The van der Waals surface area contributed by atoms with E-state index >= 15 is 0 Å². The molecule has 0 saturated carbocycles. The van der Waals surface area contributed by atoms with Crippen molar-refractivity contribution >= 4 is 23.4 Å². The second-order valence-corrected chi connectivity index (χ2v) is 6.56. The van der Waals surface area contributed by atoms with E-state index < -0.39 is 17.9 Å². The highest BCUT2D eigenvalue weighted by atomic mass is 16.5. The number of anilines is 1. The van der Waals surface area contributed by atoms with Crippen LogP contribution in [0.4, 0.5) is 5.69 Å². The number of hydrogen-bond donors (Lipinski definition) is 2. The first-order valence-electron chi connectivity index (χ1n) is 9.20. The fraction of sp³-hybridized carbons (Fsp3) is 0.286. The zero-order valence-corrected chi connectivity index (χ0v) is 16.3. The summed E-state index contributed by atoms with van der Waals surface area (Å²) >= 11 is 0. The highest BCUT2D eigenvalue weighted by Crippen LogP contribution is 2.33.